The number of carbonyl (C=O) groups excluding carboxylic acids is 1. The third-order valence-electron chi connectivity index (χ3n) is 1.57. The van der Waals surface area contributed by atoms with Crippen molar-refractivity contribution < 1.29 is 14.7 Å². The maximum Gasteiger partial charge on any atom is 0.322 e. The smallest absolute Gasteiger partial charge is 0.322 e. The summed E-state index contributed by atoms with van der Waals surface area (Å²) in [4.78, 5) is 21.2. The van der Waals surface area contributed by atoms with E-state index in [9.17, 15) is 9.59 Å². The van der Waals surface area contributed by atoms with Gasteiger partial charge in [-0.05, 0) is 6.08 Å². The van der Waals surface area contributed by atoms with Gasteiger partial charge in [0.25, 0.3) is 0 Å². The second-order valence-electron chi connectivity index (χ2n) is 2.89. The third-order valence-corrected chi connectivity index (χ3v) is 1.57. The molecule has 15 heavy (non-hydrogen) atoms. The second kappa shape index (κ2) is 4.94. The summed E-state index contributed by atoms with van der Waals surface area (Å²) in [6.07, 6.45) is 6.16. The van der Waals surface area contributed by atoms with E-state index in [4.69, 9.17) is 5.11 Å². The Labute approximate surface area is 86.2 Å². The number of rotatable bonds is 4. The lowest BCUT2D eigenvalue weighted by atomic mass is 10.3. The molecule has 1 heterocycles. The summed E-state index contributed by atoms with van der Waals surface area (Å²) in [5.41, 5.74) is 0.781. The number of nitrogens with zero attached hydrogens (tertiary/aromatic N) is 2. The minimum Gasteiger partial charge on any atom is -0.480 e. The molecule has 1 aromatic heterocycles. The van der Waals surface area contributed by atoms with Crippen molar-refractivity contribution in [3.05, 3.63) is 24.0 Å². The maximum absolute atomic E-state index is 11.0. The largest absolute Gasteiger partial charge is 0.480 e. The van der Waals surface area contributed by atoms with Gasteiger partial charge in [-0.25, -0.2) is 0 Å². The summed E-state index contributed by atoms with van der Waals surface area (Å²) < 4.78 is 1.61. The number of hydrogen-bond acceptors (Lipinski definition) is 3. The van der Waals surface area contributed by atoms with Crippen LogP contribution in [0.15, 0.2) is 18.5 Å². The fourth-order valence-corrected chi connectivity index (χ4v) is 0.920. The molecule has 0 aromatic carbocycles. The summed E-state index contributed by atoms with van der Waals surface area (Å²) in [5, 5.41) is 14.4. The fourth-order valence-electron chi connectivity index (χ4n) is 0.920. The van der Waals surface area contributed by atoms with E-state index in [-0.39, 0.29) is 6.54 Å². The molecule has 0 aliphatic rings. The minimum absolute atomic E-state index is 0.379. The number of carboxylic acid groups (broad SMARTS) is 1. The Morgan fingerprint density at radius 2 is 2.40 bits per heavy atom. The minimum atomic E-state index is -1.07. The van der Waals surface area contributed by atoms with Crippen LogP contribution in [-0.2, 0) is 16.6 Å². The van der Waals surface area contributed by atoms with E-state index >= 15 is 0 Å². The summed E-state index contributed by atoms with van der Waals surface area (Å²) in [7, 11) is 1.77. The Morgan fingerprint density at radius 3 is 2.93 bits per heavy atom. The number of aromatic nitrogens is 2. The second-order valence-corrected chi connectivity index (χ2v) is 2.89. The zero-order chi connectivity index (χ0) is 11.3. The number of aliphatic carboxylic acids is 1. The summed E-state index contributed by atoms with van der Waals surface area (Å²) >= 11 is 0. The van der Waals surface area contributed by atoms with Gasteiger partial charge in [0, 0.05) is 24.9 Å². The molecule has 0 spiro atoms. The molecule has 0 radical (unpaired) electrons. The molecule has 6 heteroatoms. The van der Waals surface area contributed by atoms with Crippen LogP contribution < -0.4 is 5.32 Å². The first-order valence-corrected chi connectivity index (χ1v) is 4.24. The van der Waals surface area contributed by atoms with Crippen LogP contribution in [-0.4, -0.2) is 33.3 Å². The molecular formula is C9H11N3O3. The van der Waals surface area contributed by atoms with Crippen molar-refractivity contribution in [3.63, 3.8) is 0 Å². The highest BCUT2D eigenvalue weighted by atomic mass is 16.4. The van der Waals surface area contributed by atoms with Crippen molar-refractivity contribution in [3.8, 4) is 0 Å². The molecule has 6 nitrogen and oxygen atoms in total. The molecule has 1 amide bonds. The van der Waals surface area contributed by atoms with Crippen LogP contribution in [0, 0.1) is 0 Å². The van der Waals surface area contributed by atoms with E-state index in [0.29, 0.717) is 0 Å². The Bertz CT molecular complexity index is 395. The van der Waals surface area contributed by atoms with E-state index in [0.717, 1.165) is 5.56 Å². The topological polar surface area (TPSA) is 84.2 Å². The molecule has 0 saturated heterocycles. The molecule has 80 valence electrons. The van der Waals surface area contributed by atoms with Gasteiger partial charge < -0.3 is 10.4 Å². The number of carboxylic acids is 1. The lowest BCUT2D eigenvalue weighted by Crippen LogP contribution is -2.27. The quantitative estimate of drug-likeness (QED) is 0.663. The molecule has 2 N–H and O–H groups in total. The zero-order valence-electron chi connectivity index (χ0n) is 8.17. The van der Waals surface area contributed by atoms with Gasteiger partial charge in [0.15, 0.2) is 0 Å². The first kappa shape index (κ1) is 11.0. The van der Waals surface area contributed by atoms with Crippen molar-refractivity contribution >= 4 is 18.0 Å². The van der Waals surface area contributed by atoms with Crippen molar-refractivity contribution in [2.75, 3.05) is 6.54 Å². The molecule has 0 atom stereocenters. The Hall–Kier alpha value is -2.11. The van der Waals surface area contributed by atoms with Crippen molar-refractivity contribution in [2.45, 2.75) is 0 Å². The van der Waals surface area contributed by atoms with Crippen molar-refractivity contribution in [1.82, 2.24) is 15.1 Å². The third kappa shape index (κ3) is 4.08. The average Bonchev–Trinajstić information content (AvgIpc) is 2.58. The van der Waals surface area contributed by atoms with Crippen molar-refractivity contribution in [2.24, 2.45) is 7.05 Å². The van der Waals surface area contributed by atoms with Gasteiger partial charge in [0.1, 0.15) is 6.54 Å². The highest BCUT2D eigenvalue weighted by Crippen LogP contribution is 1.98. The fraction of sp³-hybridized carbons (Fsp3) is 0.222. The summed E-state index contributed by atoms with van der Waals surface area (Å²) in [5.74, 6) is -1.51. The molecule has 1 aromatic rings. The van der Waals surface area contributed by atoms with Crippen LogP contribution in [0.2, 0.25) is 0 Å². The number of hydrogen-bond donors (Lipinski definition) is 2. The first-order chi connectivity index (χ1) is 7.08. The van der Waals surface area contributed by atoms with E-state index in [1.165, 1.54) is 6.08 Å². The van der Waals surface area contributed by atoms with Gasteiger partial charge >= 0.3 is 5.97 Å². The average molecular weight is 209 g/mol. The van der Waals surface area contributed by atoms with Gasteiger partial charge in [0.2, 0.25) is 5.91 Å². The molecule has 0 bridgehead atoms. The van der Waals surface area contributed by atoms with Crippen LogP contribution in [0.3, 0.4) is 0 Å². The normalized spacial score (nSPS) is 10.5. The van der Waals surface area contributed by atoms with Crippen LogP contribution >= 0.6 is 0 Å². The van der Waals surface area contributed by atoms with Crippen LogP contribution in [0.4, 0.5) is 0 Å². The van der Waals surface area contributed by atoms with Gasteiger partial charge in [-0.15, -0.1) is 0 Å². The number of aryl methyl sites for hydroxylation is 1. The Balaban J connectivity index is 2.44. The molecule has 0 aliphatic heterocycles. The Morgan fingerprint density at radius 1 is 1.67 bits per heavy atom. The van der Waals surface area contributed by atoms with Gasteiger partial charge in [-0.2, -0.15) is 5.10 Å². The monoisotopic (exact) mass is 209 g/mol. The standard InChI is InChI=1S/C9H11N3O3/c1-12-6-7(4-11-12)2-3-8(13)10-5-9(14)15/h2-4,6H,5H2,1H3,(H,10,13)(H,14,15)/b3-2+. The van der Waals surface area contributed by atoms with Crippen LogP contribution in [0.1, 0.15) is 5.56 Å². The molecule has 0 fully saturated rings. The zero-order valence-corrected chi connectivity index (χ0v) is 8.17. The number of amides is 1. The predicted molar refractivity (Wildman–Crippen MR) is 52.9 cm³/mol. The molecule has 0 saturated carbocycles. The van der Waals surface area contributed by atoms with E-state index < -0.39 is 11.9 Å². The summed E-state index contributed by atoms with van der Waals surface area (Å²) in [6, 6.07) is 0. The van der Waals surface area contributed by atoms with Gasteiger partial charge in [-0.1, -0.05) is 0 Å². The SMILES string of the molecule is Cn1cc(/C=C/C(=O)NCC(=O)O)cn1. The number of carbonyl (C=O) groups is 2. The molecule has 0 unspecified atom stereocenters. The maximum atomic E-state index is 11.0. The lowest BCUT2D eigenvalue weighted by molar-refractivity contribution is -0.137. The molecule has 0 aliphatic carbocycles. The van der Waals surface area contributed by atoms with E-state index in [1.807, 2.05) is 0 Å². The van der Waals surface area contributed by atoms with Crippen LogP contribution in [0.25, 0.3) is 6.08 Å². The molecular weight excluding hydrogens is 198 g/mol. The highest BCUT2D eigenvalue weighted by molar-refractivity contribution is 5.93. The first-order valence-electron chi connectivity index (χ1n) is 4.24. The summed E-state index contributed by atoms with van der Waals surface area (Å²) in [6.45, 7) is -0.379. The van der Waals surface area contributed by atoms with E-state index in [1.54, 1.807) is 30.2 Å². The predicted octanol–water partition coefficient (Wildman–Crippen LogP) is -0.366. The number of nitrogens with one attached hydrogen (secondary N) is 1. The van der Waals surface area contributed by atoms with Crippen molar-refractivity contribution in [1.29, 1.82) is 0 Å². The van der Waals surface area contributed by atoms with Gasteiger partial charge in [0.05, 0.1) is 6.20 Å². The van der Waals surface area contributed by atoms with Crippen LogP contribution in [0.5, 0.6) is 0 Å². The van der Waals surface area contributed by atoms with E-state index in [2.05, 4.69) is 10.4 Å². The Kier molecular flexibility index (Phi) is 3.61. The molecule has 1 rings (SSSR count). The van der Waals surface area contributed by atoms with Gasteiger partial charge in [-0.3, -0.25) is 14.3 Å². The lowest BCUT2D eigenvalue weighted by Gasteiger charge is -1.94. The highest BCUT2D eigenvalue weighted by Gasteiger charge is 1.99.